The highest BCUT2D eigenvalue weighted by Gasteiger charge is 2.42. The van der Waals surface area contributed by atoms with E-state index < -0.39 is 21.4 Å². The average molecular weight is 497 g/mol. The first-order chi connectivity index (χ1) is 16.8. The van der Waals surface area contributed by atoms with E-state index in [-0.39, 0.29) is 6.61 Å². The van der Waals surface area contributed by atoms with E-state index in [2.05, 4.69) is 0 Å². The molecule has 4 rings (SSSR count). The predicted octanol–water partition coefficient (Wildman–Crippen LogP) is 4.14. The summed E-state index contributed by atoms with van der Waals surface area (Å²) < 4.78 is 46.5. The normalized spacial score (nSPS) is 14.7. The highest BCUT2D eigenvalue weighted by molar-refractivity contribution is 7.90. The maximum atomic E-state index is 12.2. The molecule has 0 amide bonds. The lowest BCUT2D eigenvalue weighted by Gasteiger charge is -2.41. The highest BCUT2D eigenvalue weighted by Crippen LogP contribution is 2.35. The molecule has 0 saturated carbocycles. The highest BCUT2D eigenvalue weighted by atomic mass is 32.2. The number of carbonyl (C=O) groups excluding carboxylic acids is 1. The largest absolute Gasteiger partial charge is 0.489 e. The summed E-state index contributed by atoms with van der Waals surface area (Å²) in [5, 5.41) is 0. The van der Waals surface area contributed by atoms with Crippen LogP contribution in [-0.4, -0.2) is 47.1 Å². The van der Waals surface area contributed by atoms with Crippen molar-refractivity contribution in [3.63, 3.8) is 0 Å². The summed E-state index contributed by atoms with van der Waals surface area (Å²) in [4.78, 5) is 12.0. The van der Waals surface area contributed by atoms with Gasteiger partial charge in [-0.25, -0.2) is 13.2 Å². The number of benzene rings is 3. The summed E-state index contributed by atoms with van der Waals surface area (Å²) in [5.74, 6) is 0.275. The number of hydrogen-bond donors (Lipinski definition) is 0. The van der Waals surface area contributed by atoms with Crippen molar-refractivity contribution < 1.29 is 32.2 Å². The standard InChI is InChI=1S/C27H28O7S/c1-3-32-26(28)17-34-27(18-31-19-27)22-11-13-23(14-12-22)33-16-20-7-6-8-21(15-20)24-9-4-5-10-25(24)35(2,29)30/h4-15H,3,16-19H2,1-2H3. The molecule has 8 heteroatoms. The molecule has 0 N–H and O–H groups in total. The van der Waals surface area contributed by atoms with E-state index in [0.717, 1.165) is 16.7 Å². The third-order valence-electron chi connectivity index (χ3n) is 5.75. The Balaban J connectivity index is 1.43. The first-order valence-corrected chi connectivity index (χ1v) is 13.2. The minimum atomic E-state index is -3.35. The zero-order chi connectivity index (χ0) is 24.9. The van der Waals surface area contributed by atoms with Crippen molar-refractivity contribution in [3.05, 3.63) is 83.9 Å². The molecule has 7 nitrogen and oxygen atoms in total. The lowest BCUT2D eigenvalue weighted by molar-refractivity contribution is -0.221. The van der Waals surface area contributed by atoms with E-state index in [4.69, 9.17) is 18.9 Å². The molecule has 0 spiro atoms. The van der Waals surface area contributed by atoms with Gasteiger partial charge in [0.05, 0.1) is 24.7 Å². The number of rotatable bonds is 10. The van der Waals surface area contributed by atoms with Crippen molar-refractivity contribution in [3.8, 4) is 16.9 Å². The second-order valence-corrected chi connectivity index (χ2v) is 10.3. The summed E-state index contributed by atoms with van der Waals surface area (Å²) in [6, 6.07) is 22.1. The topological polar surface area (TPSA) is 88.1 Å². The molecule has 0 radical (unpaired) electrons. The Morgan fingerprint density at radius 2 is 1.74 bits per heavy atom. The first kappa shape index (κ1) is 24.9. The van der Waals surface area contributed by atoms with Crippen LogP contribution in [0.1, 0.15) is 18.1 Å². The van der Waals surface area contributed by atoms with Gasteiger partial charge in [0.15, 0.2) is 9.84 Å². The second-order valence-electron chi connectivity index (χ2n) is 8.36. The Morgan fingerprint density at radius 3 is 2.40 bits per heavy atom. The Kier molecular flexibility index (Phi) is 7.54. The van der Waals surface area contributed by atoms with E-state index in [1.807, 2.05) is 54.6 Å². The fourth-order valence-electron chi connectivity index (χ4n) is 3.90. The number of esters is 1. The molecule has 0 atom stereocenters. The Labute approximate surface area is 205 Å². The fourth-order valence-corrected chi connectivity index (χ4v) is 4.81. The minimum Gasteiger partial charge on any atom is -0.489 e. The number of ether oxygens (including phenoxy) is 4. The average Bonchev–Trinajstić information content (AvgIpc) is 2.83. The minimum absolute atomic E-state index is 0.131. The molecule has 184 valence electrons. The predicted molar refractivity (Wildman–Crippen MR) is 131 cm³/mol. The molecule has 3 aromatic carbocycles. The number of carbonyl (C=O) groups is 1. The van der Waals surface area contributed by atoms with Gasteiger partial charge < -0.3 is 18.9 Å². The summed E-state index contributed by atoms with van der Waals surface area (Å²) in [6.45, 7) is 2.99. The molecule has 1 aliphatic rings. The van der Waals surface area contributed by atoms with Gasteiger partial charge in [-0.2, -0.15) is 0 Å². The fraction of sp³-hybridized carbons (Fsp3) is 0.296. The number of hydrogen-bond acceptors (Lipinski definition) is 7. The lowest BCUT2D eigenvalue weighted by Crippen LogP contribution is -2.49. The van der Waals surface area contributed by atoms with Crippen LogP contribution in [0.2, 0.25) is 0 Å². The Hall–Kier alpha value is -3.20. The van der Waals surface area contributed by atoms with Crippen molar-refractivity contribution in [1.82, 2.24) is 0 Å². The van der Waals surface area contributed by atoms with Gasteiger partial charge in [-0.3, -0.25) is 0 Å². The van der Waals surface area contributed by atoms with Crippen LogP contribution >= 0.6 is 0 Å². The molecule has 35 heavy (non-hydrogen) atoms. The van der Waals surface area contributed by atoms with Crippen LogP contribution in [0.3, 0.4) is 0 Å². The van der Waals surface area contributed by atoms with Crippen LogP contribution in [0.15, 0.2) is 77.7 Å². The molecule has 0 bridgehead atoms. The first-order valence-electron chi connectivity index (χ1n) is 11.3. The number of sulfone groups is 1. The molecule has 3 aromatic rings. The Bertz CT molecular complexity index is 1280. The maximum Gasteiger partial charge on any atom is 0.332 e. The third-order valence-corrected chi connectivity index (χ3v) is 6.91. The third kappa shape index (κ3) is 5.90. The quantitative estimate of drug-likeness (QED) is 0.390. The molecule has 0 aliphatic carbocycles. The molecule has 0 unspecified atom stereocenters. The van der Waals surface area contributed by atoms with Gasteiger partial charge in [-0.05, 0) is 47.9 Å². The molecular weight excluding hydrogens is 468 g/mol. The van der Waals surface area contributed by atoms with Crippen molar-refractivity contribution in [1.29, 1.82) is 0 Å². The van der Waals surface area contributed by atoms with E-state index in [0.29, 0.717) is 42.6 Å². The second kappa shape index (κ2) is 10.6. The zero-order valence-corrected chi connectivity index (χ0v) is 20.5. The van der Waals surface area contributed by atoms with E-state index in [9.17, 15) is 13.2 Å². The molecule has 1 aliphatic heterocycles. The van der Waals surface area contributed by atoms with E-state index in [1.165, 1.54) is 6.26 Å². The SMILES string of the molecule is CCOC(=O)COC1(c2ccc(OCc3cccc(-c4ccccc4S(C)(=O)=O)c3)cc2)COC1. The molecule has 1 heterocycles. The van der Waals surface area contributed by atoms with Crippen LogP contribution in [-0.2, 0) is 41.1 Å². The zero-order valence-electron chi connectivity index (χ0n) is 19.7. The van der Waals surface area contributed by atoms with Gasteiger partial charge in [0, 0.05) is 11.8 Å². The van der Waals surface area contributed by atoms with Crippen molar-refractivity contribution >= 4 is 15.8 Å². The molecule has 0 aromatic heterocycles. The maximum absolute atomic E-state index is 12.2. The van der Waals surface area contributed by atoms with Crippen LogP contribution in [0.4, 0.5) is 0 Å². The monoisotopic (exact) mass is 496 g/mol. The summed E-state index contributed by atoms with van der Waals surface area (Å²) in [5.41, 5.74) is 2.63. The van der Waals surface area contributed by atoms with Crippen molar-refractivity contribution in [2.45, 2.75) is 24.0 Å². The summed E-state index contributed by atoms with van der Waals surface area (Å²) in [6.07, 6.45) is 1.21. The van der Waals surface area contributed by atoms with Crippen LogP contribution < -0.4 is 4.74 Å². The van der Waals surface area contributed by atoms with E-state index in [1.54, 1.807) is 25.1 Å². The lowest BCUT2D eigenvalue weighted by atomic mass is 9.91. The van der Waals surface area contributed by atoms with E-state index >= 15 is 0 Å². The van der Waals surface area contributed by atoms with Gasteiger partial charge in [-0.1, -0.05) is 48.5 Å². The van der Waals surface area contributed by atoms with Crippen molar-refractivity contribution in [2.75, 3.05) is 32.7 Å². The molecule has 1 fully saturated rings. The van der Waals surface area contributed by atoms with Crippen LogP contribution in [0, 0.1) is 0 Å². The summed E-state index contributed by atoms with van der Waals surface area (Å²) in [7, 11) is -3.35. The Morgan fingerprint density at radius 1 is 1.00 bits per heavy atom. The van der Waals surface area contributed by atoms with Gasteiger partial charge in [-0.15, -0.1) is 0 Å². The van der Waals surface area contributed by atoms with Crippen LogP contribution in [0.5, 0.6) is 5.75 Å². The molecule has 1 saturated heterocycles. The van der Waals surface area contributed by atoms with Gasteiger partial charge in [0.25, 0.3) is 0 Å². The van der Waals surface area contributed by atoms with Gasteiger partial charge in [0.2, 0.25) is 0 Å². The van der Waals surface area contributed by atoms with Gasteiger partial charge in [0.1, 0.15) is 24.6 Å². The summed E-state index contributed by atoms with van der Waals surface area (Å²) >= 11 is 0. The van der Waals surface area contributed by atoms with Crippen molar-refractivity contribution in [2.24, 2.45) is 0 Å². The molecular formula is C27H28O7S. The smallest absolute Gasteiger partial charge is 0.332 e. The van der Waals surface area contributed by atoms with Gasteiger partial charge >= 0.3 is 5.97 Å². The van der Waals surface area contributed by atoms with Crippen LogP contribution in [0.25, 0.3) is 11.1 Å².